The minimum absolute atomic E-state index is 0.136. The lowest BCUT2D eigenvalue weighted by Crippen LogP contribution is -2.42. The maximum Gasteiger partial charge on any atom is 0.119 e. The van der Waals surface area contributed by atoms with Crippen LogP contribution < -0.4 is 10.1 Å². The summed E-state index contributed by atoms with van der Waals surface area (Å²) in [5.41, 5.74) is 1.42. The van der Waals surface area contributed by atoms with Crippen molar-refractivity contribution >= 4 is 0 Å². The van der Waals surface area contributed by atoms with Gasteiger partial charge in [0.2, 0.25) is 0 Å². The van der Waals surface area contributed by atoms with Crippen LogP contribution >= 0.6 is 0 Å². The van der Waals surface area contributed by atoms with Gasteiger partial charge in [-0.1, -0.05) is 19.1 Å². The molecule has 3 heteroatoms. The molecule has 1 unspecified atom stereocenters. The van der Waals surface area contributed by atoms with Crippen LogP contribution in [0.25, 0.3) is 0 Å². The normalized spacial score (nSPS) is 23.2. The van der Waals surface area contributed by atoms with E-state index in [4.69, 9.17) is 9.47 Å². The van der Waals surface area contributed by atoms with Gasteiger partial charge in [0.25, 0.3) is 0 Å². The third-order valence-corrected chi connectivity index (χ3v) is 3.33. The molecule has 0 radical (unpaired) electrons. The lowest BCUT2D eigenvalue weighted by molar-refractivity contribution is 0.171. The highest BCUT2D eigenvalue weighted by atomic mass is 16.5. The van der Waals surface area contributed by atoms with Crippen molar-refractivity contribution in [3.05, 3.63) is 29.8 Å². The molecule has 1 N–H and O–H groups in total. The first-order valence-electron chi connectivity index (χ1n) is 6.76. The summed E-state index contributed by atoms with van der Waals surface area (Å²) in [6, 6.07) is 8.33. The van der Waals surface area contributed by atoms with Crippen molar-refractivity contribution in [2.24, 2.45) is 0 Å². The highest BCUT2D eigenvalue weighted by Gasteiger charge is 2.28. The zero-order chi connectivity index (χ0) is 12.8. The van der Waals surface area contributed by atoms with E-state index in [1.54, 1.807) is 0 Å². The Bertz CT molecular complexity index is 355. The smallest absolute Gasteiger partial charge is 0.119 e. The van der Waals surface area contributed by atoms with E-state index in [-0.39, 0.29) is 5.54 Å². The van der Waals surface area contributed by atoms with E-state index in [9.17, 15) is 0 Å². The van der Waals surface area contributed by atoms with Crippen LogP contribution in [0.2, 0.25) is 0 Å². The van der Waals surface area contributed by atoms with Crippen LogP contribution in [0.5, 0.6) is 5.75 Å². The number of benzene rings is 1. The van der Waals surface area contributed by atoms with Crippen LogP contribution in [0.15, 0.2) is 24.3 Å². The van der Waals surface area contributed by atoms with Gasteiger partial charge in [-0.2, -0.15) is 0 Å². The Hall–Kier alpha value is -1.06. The first-order valence-corrected chi connectivity index (χ1v) is 6.76. The molecular formula is C15H23NO2. The molecule has 1 aromatic carbocycles. The Morgan fingerprint density at radius 3 is 2.72 bits per heavy atom. The summed E-state index contributed by atoms with van der Waals surface area (Å²) in [7, 11) is 0. The SMILES string of the molecule is CCCOc1ccc(CNC2(C)CCOC2)cc1. The Kier molecular flexibility index (Phi) is 4.61. The fourth-order valence-electron chi connectivity index (χ4n) is 2.05. The van der Waals surface area contributed by atoms with Crippen LogP contribution in [0.1, 0.15) is 32.3 Å². The number of hydrogen-bond acceptors (Lipinski definition) is 3. The first kappa shape index (κ1) is 13.4. The maximum atomic E-state index is 5.57. The van der Waals surface area contributed by atoms with Crippen LogP contribution in [0.3, 0.4) is 0 Å². The third kappa shape index (κ3) is 3.72. The van der Waals surface area contributed by atoms with Gasteiger partial charge in [0.1, 0.15) is 5.75 Å². The topological polar surface area (TPSA) is 30.5 Å². The molecule has 0 bridgehead atoms. The number of nitrogens with one attached hydrogen (secondary N) is 1. The number of ether oxygens (including phenoxy) is 2. The molecule has 3 nitrogen and oxygen atoms in total. The summed E-state index contributed by atoms with van der Waals surface area (Å²) in [5.74, 6) is 0.955. The zero-order valence-corrected chi connectivity index (χ0v) is 11.4. The summed E-state index contributed by atoms with van der Waals surface area (Å²) in [6.07, 6.45) is 2.13. The Balaban J connectivity index is 1.82. The van der Waals surface area contributed by atoms with Crippen molar-refractivity contribution in [1.82, 2.24) is 5.32 Å². The second kappa shape index (κ2) is 6.21. The van der Waals surface area contributed by atoms with Crippen LogP contribution in [0.4, 0.5) is 0 Å². The minimum atomic E-state index is 0.136. The molecular weight excluding hydrogens is 226 g/mol. The van der Waals surface area contributed by atoms with Gasteiger partial charge in [0.05, 0.1) is 13.2 Å². The van der Waals surface area contributed by atoms with Crippen molar-refractivity contribution in [3.8, 4) is 5.75 Å². The van der Waals surface area contributed by atoms with E-state index in [0.717, 1.165) is 45.0 Å². The molecule has 0 spiro atoms. The predicted octanol–water partition coefficient (Wildman–Crippen LogP) is 2.74. The lowest BCUT2D eigenvalue weighted by atomic mass is 10.0. The molecule has 2 rings (SSSR count). The van der Waals surface area contributed by atoms with Gasteiger partial charge in [-0.15, -0.1) is 0 Å². The van der Waals surface area contributed by atoms with Crippen molar-refractivity contribution in [2.75, 3.05) is 19.8 Å². The Morgan fingerprint density at radius 1 is 1.33 bits per heavy atom. The predicted molar refractivity (Wildman–Crippen MR) is 72.9 cm³/mol. The summed E-state index contributed by atoms with van der Waals surface area (Å²) in [5, 5.41) is 3.57. The number of rotatable bonds is 6. The molecule has 1 saturated heterocycles. The molecule has 0 amide bonds. The van der Waals surface area contributed by atoms with Crippen LogP contribution in [-0.2, 0) is 11.3 Å². The average molecular weight is 249 g/mol. The number of hydrogen-bond donors (Lipinski definition) is 1. The molecule has 1 aliphatic rings. The van der Waals surface area contributed by atoms with Crippen LogP contribution in [-0.4, -0.2) is 25.4 Å². The zero-order valence-electron chi connectivity index (χ0n) is 11.4. The molecule has 1 aliphatic heterocycles. The van der Waals surface area contributed by atoms with Gasteiger partial charge < -0.3 is 14.8 Å². The van der Waals surface area contributed by atoms with Gasteiger partial charge in [0, 0.05) is 18.7 Å². The molecule has 18 heavy (non-hydrogen) atoms. The third-order valence-electron chi connectivity index (χ3n) is 3.33. The van der Waals surface area contributed by atoms with E-state index in [2.05, 4.69) is 31.3 Å². The van der Waals surface area contributed by atoms with Gasteiger partial charge in [-0.05, 0) is 37.5 Å². The molecule has 1 fully saturated rings. The van der Waals surface area contributed by atoms with Gasteiger partial charge in [-0.25, -0.2) is 0 Å². The molecule has 0 saturated carbocycles. The highest BCUT2D eigenvalue weighted by Crippen LogP contribution is 2.19. The van der Waals surface area contributed by atoms with Crippen molar-refractivity contribution in [2.45, 2.75) is 38.8 Å². The van der Waals surface area contributed by atoms with Gasteiger partial charge in [0.15, 0.2) is 0 Å². The van der Waals surface area contributed by atoms with E-state index in [0.29, 0.717) is 0 Å². The molecule has 100 valence electrons. The Morgan fingerprint density at radius 2 is 2.11 bits per heavy atom. The molecule has 0 aliphatic carbocycles. The monoisotopic (exact) mass is 249 g/mol. The maximum absolute atomic E-state index is 5.57. The largest absolute Gasteiger partial charge is 0.494 e. The summed E-state index contributed by atoms with van der Waals surface area (Å²) in [6.45, 7) is 7.68. The van der Waals surface area contributed by atoms with Gasteiger partial charge in [-0.3, -0.25) is 0 Å². The van der Waals surface area contributed by atoms with E-state index < -0.39 is 0 Å². The second-order valence-corrected chi connectivity index (χ2v) is 5.21. The van der Waals surface area contributed by atoms with Gasteiger partial charge >= 0.3 is 0 Å². The standard InChI is InChI=1S/C15H23NO2/c1-3-9-18-14-6-4-13(5-7-14)11-16-15(2)8-10-17-12-15/h4-7,16H,3,8-12H2,1-2H3. The molecule has 0 aromatic heterocycles. The highest BCUT2D eigenvalue weighted by molar-refractivity contribution is 5.27. The first-order chi connectivity index (χ1) is 8.72. The molecule has 1 aromatic rings. The van der Waals surface area contributed by atoms with E-state index >= 15 is 0 Å². The quantitative estimate of drug-likeness (QED) is 0.841. The molecule has 1 heterocycles. The fraction of sp³-hybridized carbons (Fsp3) is 0.600. The van der Waals surface area contributed by atoms with Crippen molar-refractivity contribution < 1.29 is 9.47 Å². The van der Waals surface area contributed by atoms with Crippen molar-refractivity contribution in [1.29, 1.82) is 0 Å². The molecule has 1 atom stereocenters. The average Bonchev–Trinajstić information content (AvgIpc) is 2.83. The van der Waals surface area contributed by atoms with Crippen molar-refractivity contribution in [3.63, 3.8) is 0 Å². The minimum Gasteiger partial charge on any atom is -0.494 e. The van der Waals surface area contributed by atoms with E-state index in [1.165, 1.54) is 5.56 Å². The summed E-state index contributed by atoms with van der Waals surface area (Å²) >= 11 is 0. The fourth-order valence-corrected chi connectivity index (χ4v) is 2.05. The Labute approximate surface area is 109 Å². The summed E-state index contributed by atoms with van der Waals surface area (Å²) in [4.78, 5) is 0. The lowest BCUT2D eigenvalue weighted by Gasteiger charge is -2.23. The summed E-state index contributed by atoms with van der Waals surface area (Å²) < 4.78 is 11.0. The van der Waals surface area contributed by atoms with E-state index in [1.807, 2.05) is 12.1 Å². The second-order valence-electron chi connectivity index (χ2n) is 5.21. The van der Waals surface area contributed by atoms with Crippen LogP contribution in [0, 0.1) is 0 Å².